The van der Waals surface area contributed by atoms with E-state index in [0.29, 0.717) is 12.0 Å². The number of aromatic nitrogens is 1. The van der Waals surface area contributed by atoms with Crippen molar-refractivity contribution >= 4 is 11.6 Å². The molecule has 0 N–H and O–H groups in total. The number of alkyl halides is 1. The van der Waals surface area contributed by atoms with Gasteiger partial charge < -0.3 is 0 Å². The molecule has 1 heterocycles. The van der Waals surface area contributed by atoms with E-state index in [-0.39, 0.29) is 11.2 Å². The summed E-state index contributed by atoms with van der Waals surface area (Å²) in [4.78, 5) is 3.93. The van der Waals surface area contributed by atoms with E-state index >= 15 is 0 Å². The van der Waals surface area contributed by atoms with Crippen LogP contribution in [0.2, 0.25) is 0 Å². The highest BCUT2D eigenvalue weighted by Crippen LogP contribution is 2.26. The van der Waals surface area contributed by atoms with Gasteiger partial charge in [-0.1, -0.05) is 18.2 Å². The first-order valence-electron chi connectivity index (χ1n) is 5.05. The molecule has 0 aliphatic rings. The third-order valence-electron chi connectivity index (χ3n) is 2.41. The molecule has 0 aliphatic carbocycles. The summed E-state index contributed by atoms with van der Waals surface area (Å²) in [5, 5.41) is -0.344. The Kier molecular flexibility index (Phi) is 3.52. The topological polar surface area (TPSA) is 12.9 Å². The van der Waals surface area contributed by atoms with Gasteiger partial charge in [0.1, 0.15) is 5.82 Å². The predicted octanol–water partition coefficient (Wildman–Crippen LogP) is 3.74. The molecule has 0 spiro atoms. The number of hydrogen-bond donors (Lipinski definition) is 0. The maximum Gasteiger partial charge on any atom is 0.127 e. The Morgan fingerprint density at radius 2 is 1.81 bits per heavy atom. The van der Waals surface area contributed by atoms with Gasteiger partial charge in [-0.15, -0.1) is 11.6 Å². The molecule has 0 aliphatic heterocycles. The fourth-order valence-electron chi connectivity index (χ4n) is 1.56. The van der Waals surface area contributed by atoms with Crippen LogP contribution in [0, 0.1) is 5.82 Å². The van der Waals surface area contributed by atoms with Crippen molar-refractivity contribution in [2.45, 2.75) is 11.8 Å². The van der Waals surface area contributed by atoms with Crippen LogP contribution in [0.4, 0.5) is 4.39 Å². The highest BCUT2D eigenvalue weighted by molar-refractivity contribution is 6.20. The third-order valence-corrected chi connectivity index (χ3v) is 2.80. The summed E-state index contributed by atoms with van der Waals surface area (Å²) in [6.07, 6.45) is 4.02. The first kappa shape index (κ1) is 11.1. The van der Waals surface area contributed by atoms with E-state index < -0.39 is 0 Å². The van der Waals surface area contributed by atoms with E-state index in [4.69, 9.17) is 11.6 Å². The van der Waals surface area contributed by atoms with Crippen molar-refractivity contribution in [3.63, 3.8) is 0 Å². The second-order valence-corrected chi connectivity index (χ2v) is 4.08. The molecule has 0 radical (unpaired) electrons. The molecule has 1 aromatic carbocycles. The Morgan fingerprint density at radius 3 is 2.50 bits per heavy atom. The minimum absolute atomic E-state index is 0.253. The van der Waals surface area contributed by atoms with Gasteiger partial charge in [-0.25, -0.2) is 4.39 Å². The number of halogens is 2. The molecule has 2 rings (SSSR count). The van der Waals surface area contributed by atoms with Crippen molar-refractivity contribution < 1.29 is 4.39 Å². The van der Waals surface area contributed by atoms with Gasteiger partial charge in [0.15, 0.2) is 0 Å². The van der Waals surface area contributed by atoms with E-state index in [1.807, 2.05) is 12.1 Å². The molecule has 1 aromatic heterocycles. The molecule has 0 saturated heterocycles. The van der Waals surface area contributed by atoms with Crippen molar-refractivity contribution in [1.29, 1.82) is 0 Å². The van der Waals surface area contributed by atoms with Gasteiger partial charge in [-0.05, 0) is 30.2 Å². The Balaban J connectivity index is 2.15. The summed E-state index contributed by atoms with van der Waals surface area (Å²) in [6, 6.07) is 10.4. The van der Waals surface area contributed by atoms with Crippen LogP contribution in [0.3, 0.4) is 0 Å². The van der Waals surface area contributed by atoms with Gasteiger partial charge >= 0.3 is 0 Å². The average Bonchev–Trinajstić information content (AvgIpc) is 2.31. The van der Waals surface area contributed by atoms with Crippen molar-refractivity contribution in [1.82, 2.24) is 4.98 Å². The molecule has 2 aromatic rings. The number of pyridine rings is 1. The number of benzene rings is 1. The molecule has 0 fully saturated rings. The van der Waals surface area contributed by atoms with Crippen LogP contribution in [0.15, 0.2) is 48.8 Å². The molecular formula is C13H11ClFN. The molecule has 1 atom stereocenters. The van der Waals surface area contributed by atoms with Gasteiger partial charge in [0.05, 0.1) is 5.38 Å². The standard InChI is InChI=1S/C13H11ClFN/c14-12(9-10-5-7-16-8-6-10)11-3-1-2-4-13(11)15/h1-8,12H,9H2. The lowest BCUT2D eigenvalue weighted by atomic mass is 10.0. The fourth-order valence-corrected chi connectivity index (χ4v) is 1.92. The second-order valence-electron chi connectivity index (χ2n) is 3.55. The van der Waals surface area contributed by atoms with Crippen molar-refractivity contribution in [3.8, 4) is 0 Å². The smallest absolute Gasteiger partial charge is 0.127 e. The summed E-state index contributed by atoms with van der Waals surface area (Å²) in [5.41, 5.74) is 1.60. The van der Waals surface area contributed by atoms with Crippen LogP contribution in [0.1, 0.15) is 16.5 Å². The zero-order chi connectivity index (χ0) is 11.4. The zero-order valence-electron chi connectivity index (χ0n) is 8.61. The molecule has 0 amide bonds. The summed E-state index contributed by atoms with van der Waals surface area (Å²) in [5.74, 6) is -0.253. The third kappa shape index (κ3) is 2.58. The SMILES string of the molecule is Fc1ccccc1C(Cl)Cc1ccncc1. The average molecular weight is 236 g/mol. The Morgan fingerprint density at radius 1 is 1.12 bits per heavy atom. The van der Waals surface area contributed by atoms with E-state index in [9.17, 15) is 4.39 Å². The number of rotatable bonds is 3. The monoisotopic (exact) mass is 235 g/mol. The summed E-state index contributed by atoms with van der Waals surface area (Å²) in [6.45, 7) is 0. The number of hydrogen-bond acceptors (Lipinski definition) is 1. The van der Waals surface area contributed by atoms with Gasteiger partial charge in [-0.3, -0.25) is 4.98 Å². The lowest BCUT2D eigenvalue weighted by molar-refractivity contribution is 0.606. The van der Waals surface area contributed by atoms with Crippen LogP contribution in [-0.4, -0.2) is 4.98 Å². The first-order valence-corrected chi connectivity index (χ1v) is 5.48. The number of nitrogens with zero attached hydrogens (tertiary/aromatic N) is 1. The maximum absolute atomic E-state index is 13.4. The van der Waals surface area contributed by atoms with Crippen molar-refractivity contribution in [3.05, 3.63) is 65.7 Å². The first-order chi connectivity index (χ1) is 7.77. The van der Waals surface area contributed by atoms with E-state index in [1.165, 1.54) is 6.07 Å². The van der Waals surface area contributed by atoms with E-state index in [2.05, 4.69) is 4.98 Å². The molecule has 3 heteroatoms. The van der Waals surface area contributed by atoms with Crippen LogP contribution in [0.5, 0.6) is 0 Å². The molecule has 0 saturated carbocycles. The molecular weight excluding hydrogens is 225 g/mol. The van der Waals surface area contributed by atoms with Gasteiger partial charge in [0.25, 0.3) is 0 Å². The largest absolute Gasteiger partial charge is 0.265 e. The highest BCUT2D eigenvalue weighted by Gasteiger charge is 2.12. The lowest BCUT2D eigenvalue weighted by Gasteiger charge is -2.10. The van der Waals surface area contributed by atoms with Crippen LogP contribution in [-0.2, 0) is 6.42 Å². The molecule has 82 valence electrons. The molecule has 16 heavy (non-hydrogen) atoms. The predicted molar refractivity (Wildman–Crippen MR) is 62.9 cm³/mol. The Labute approximate surface area is 98.9 Å². The maximum atomic E-state index is 13.4. The molecule has 0 bridgehead atoms. The van der Waals surface area contributed by atoms with E-state index in [1.54, 1.807) is 30.6 Å². The van der Waals surface area contributed by atoms with Crippen LogP contribution < -0.4 is 0 Å². The molecule has 1 nitrogen and oxygen atoms in total. The quantitative estimate of drug-likeness (QED) is 0.739. The summed E-state index contributed by atoms with van der Waals surface area (Å²) in [7, 11) is 0. The minimum Gasteiger partial charge on any atom is -0.265 e. The summed E-state index contributed by atoms with van der Waals surface area (Å²) >= 11 is 6.19. The normalized spacial score (nSPS) is 12.4. The van der Waals surface area contributed by atoms with Crippen molar-refractivity contribution in [2.75, 3.05) is 0 Å². The van der Waals surface area contributed by atoms with Crippen LogP contribution >= 0.6 is 11.6 Å². The van der Waals surface area contributed by atoms with Crippen LogP contribution in [0.25, 0.3) is 0 Å². The van der Waals surface area contributed by atoms with E-state index in [0.717, 1.165) is 5.56 Å². The van der Waals surface area contributed by atoms with Gasteiger partial charge in [0, 0.05) is 18.0 Å². The fraction of sp³-hybridized carbons (Fsp3) is 0.154. The lowest BCUT2D eigenvalue weighted by Crippen LogP contribution is -1.98. The zero-order valence-corrected chi connectivity index (χ0v) is 9.36. The molecule has 1 unspecified atom stereocenters. The van der Waals surface area contributed by atoms with Gasteiger partial charge in [-0.2, -0.15) is 0 Å². The summed E-state index contributed by atoms with van der Waals surface area (Å²) < 4.78 is 13.4. The Bertz CT molecular complexity index is 458. The minimum atomic E-state index is -0.344. The Hall–Kier alpha value is -1.41. The van der Waals surface area contributed by atoms with Gasteiger partial charge in [0.2, 0.25) is 0 Å². The van der Waals surface area contributed by atoms with Crippen molar-refractivity contribution in [2.24, 2.45) is 0 Å². The highest BCUT2D eigenvalue weighted by atomic mass is 35.5. The second kappa shape index (κ2) is 5.08.